The third-order valence-electron chi connectivity index (χ3n) is 3.42. The van der Waals surface area contributed by atoms with Crippen LogP contribution in [-0.2, 0) is 19.6 Å². The van der Waals surface area contributed by atoms with Crippen molar-refractivity contribution in [2.24, 2.45) is 0 Å². The van der Waals surface area contributed by atoms with Crippen LogP contribution in [0.3, 0.4) is 0 Å². The maximum Gasteiger partial charge on any atom is 0.153 e. The van der Waals surface area contributed by atoms with Crippen LogP contribution in [0.4, 0.5) is 0 Å². The van der Waals surface area contributed by atoms with Crippen molar-refractivity contribution in [1.82, 2.24) is 9.78 Å². The molecule has 0 fully saturated rings. The quantitative estimate of drug-likeness (QED) is 0.741. The number of ether oxygens (including phenoxy) is 1. The van der Waals surface area contributed by atoms with E-state index in [9.17, 15) is 4.79 Å². The predicted octanol–water partition coefficient (Wildman–Crippen LogP) is 3.93. The number of carbonyl (C=O) groups is 1. The highest BCUT2D eigenvalue weighted by Gasteiger charge is 2.15. The lowest BCUT2D eigenvalue weighted by atomic mass is 10.1. The first kappa shape index (κ1) is 15.8. The normalized spacial score (nSPS) is 10.7. The van der Waals surface area contributed by atoms with Gasteiger partial charge < -0.3 is 4.74 Å². The molecule has 0 aliphatic rings. The Balaban J connectivity index is 2.28. The lowest BCUT2D eigenvalue weighted by molar-refractivity contribution is 0.111. The number of nitrogens with zero attached hydrogens (tertiary/aromatic N) is 2. The van der Waals surface area contributed by atoms with Crippen molar-refractivity contribution in [1.29, 1.82) is 0 Å². The Bertz CT molecular complexity index is 650. The summed E-state index contributed by atoms with van der Waals surface area (Å²) < 4.78 is 8.83. The van der Waals surface area contributed by atoms with Gasteiger partial charge in [0.15, 0.2) is 6.29 Å². The Morgan fingerprint density at radius 2 is 2.14 bits per heavy atom. The van der Waals surface area contributed by atoms with Crippen molar-refractivity contribution in [3.63, 3.8) is 0 Å². The molecule has 0 unspecified atom stereocenters. The summed E-state index contributed by atoms with van der Waals surface area (Å²) >= 11 is 3.60. The second kappa shape index (κ2) is 6.89. The highest BCUT2D eigenvalue weighted by Crippen LogP contribution is 2.27. The molecule has 112 valence electrons. The molecule has 0 saturated heterocycles. The maximum atomic E-state index is 11.1. The first-order chi connectivity index (χ1) is 10.1. The highest BCUT2D eigenvalue weighted by molar-refractivity contribution is 9.10. The summed E-state index contributed by atoms with van der Waals surface area (Å²) in [7, 11) is 0. The molecular formula is C16H19BrN2O2. The van der Waals surface area contributed by atoms with Crippen LogP contribution >= 0.6 is 15.9 Å². The average molecular weight is 351 g/mol. The second-order valence-electron chi connectivity index (χ2n) is 4.78. The monoisotopic (exact) mass is 350 g/mol. The van der Waals surface area contributed by atoms with E-state index in [-0.39, 0.29) is 0 Å². The number of halogens is 1. The van der Waals surface area contributed by atoms with Gasteiger partial charge in [-0.1, -0.05) is 19.1 Å². The summed E-state index contributed by atoms with van der Waals surface area (Å²) in [5.41, 5.74) is 3.55. The van der Waals surface area contributed by atoms with Crippen LogP contribution in [-0.4, -0.2) is 16.1 Å². The molecule has 0 atom stereocenters. The molecule has 0 saturated carbocycles. The Kier molecular flexibility index (Phi) is 5.17. The smallest absolute Gasteiger partial charge is 0.153 e. The van der Waals surface area contributed by atoms with E-state index in [1.807, 2.05) is 30.7 Å². The standard InChI is InChI=1S/C16H19BrN2O2/c1-4-13-15(17)14(19(5-2)18-13)10-21-16-11(3)7-6-8-12(16)9-20/h6-9H,4-5,10H2,1-3H3. The SMILES string of the molecule is CCc1nn(CC)c(COc2c(C)cccc2C=O)c1Br. The van der Waals surface area contributed by atoms with Crippen LogP contribution in [0.1, 0.15) is 41.2 Å². The van der Waals surface area contributed by atoms with E-state index in [2.05, 4.69) is 28.0 Å². The number of benzene rings is 1. The zero-order valence-electron chi connectivity index (χ0n) is 12.5. The molecule has 0 N–H and O–H groups in total. The van der Waals surface area contributed by atoms with Crippen molar-refractivity contribution >= 4 is 22.2 Å². The summed E-state index contributed by atoms with van der Waals surface area (Å²) in [4.78, 5) is 11.1. The Morgan fingerprint density at radius 3 is 2.76 bits per heavy atom. The number of aldehydes is 1. The van der Waals surface area contributed by atoms with Crippen molar-refractivity contribution in [2.75, 3.05) is 0 Å². The van der Waals surface area contributed by atoms with E-state index in [0.717, 1.165) is 40.7 Å². The van der Waals surface area contributed by atoms with E-state index in [1.165, 1.54) is 0 Å². The highest BCUT2D eigenvalue weighted by atomic mass is 79.9. The molecule has 1 heterocycles. The summed E-state index contributed by atoms with van der Waals surface area (Å²) in [5, 5.41) is 4.54. The van der Waals surface area contributed by atoms with E-state index < -0.39 is 0 Å². The van der Waals surface area contributed by atoms with Gasteiger partial charge in [-0.25, -0.2) is 0 Å². The lowest BCUT2D eigenvalue weighted by Gasteiger charge is -2.12. The summed E-state index contributed by atoms with van der Waals surface area (Å²) in [6, 6.07) is 5.55. The molecule has 0 bridgehead atoms. The van der Waals surface area contributed by atoms with Gasteiger partial charge in [-0.05, 0) is 47.8 Å². The van der Waals surface area contributed by atoms with Crippen LogP contribution in [0.2, 0.25) is 0 Å². The van der Waals surface area contributed by atoms with Gasteiger partial charge in [-0.3, -0.25) is 9.48 Å². The van der Waals surface area contributed by atoms with E-state index in [4.69, 9.17) is 4.74 Å². The van der Waals surface area contributed by atoms with E-state index in [1.54, 1.807) is 6.07 Å². The van der Waals surface area contributed by atoms with Crippen LogP contribution in [0.5, 0.6) is 5.75 Å². The number of para-hydroxylation sites is 1. The summed E-state index contributed by atoms with van der Waals surface area (Å²) in [5.74, 6) is 0.640. The van der Waals surface area contributed by atoms with E-state index in [0.29, 0.717) is 17.9 Å². The van der Waals surface area contributed by atoms with Gasteiger partial charge in [0.1, 0.15) is 12.4 Å². The molecule has 0 spiro atoms. The number of aromatic nitrogens is 2. The van der Waals surface area contributed by atoms with Crippen molar-refractivity contribution in [2.45, 2.75) is 40.3 Å². The van der Waals surface area contributed by atoms with Crippen molar-refractivity contribution in [3.8, 4) is 5.75 Å². The van der Waals surface area contributed by atoms with Crippen LogP contribution in [0.25, 0.3) is 0 Å². The van der Waals surface area contributed by atoms with Crippen LogP contribution < -0.4 is 4.74 Å². The maximum absolute atomic E-state index is 11.1. The third kappa shape index (κ3) is 3.18. The number of hydrogen-bond acceptors (Lipinski definition) is 3. The van der Waals surface area contributed by atoms with Gasteiger partial charge >= 0.3 is 0 Å². The van der Waals surface area contributed by atoms with Gasteiger partial charge in [-0.2, -0.15) is 5.10 Å². The van der Waals surface area contributed by atoms with Gasteiger partial charge in [0, 0.05) is 6.54 Å². The zero-order chi connectivity index (χ0) is 15.4. The van der Waals surface area contributed by atoms with Gasteiger partial charge in [0.25, 0.3) is 0 Å². The van der Waals surface area contributed by atoms with Gasteiger partial charge in [0.2, 0.25) is 0 Å². The molecule has 2 rings (SSSR count). The minimum atomic E-state index is 0.382. The molecule has 2 aromatic rings. The van der Waals surface area contributed by atoms with Crippen LogP contribution in [0.15, 0.2) is 22.7 Å². The third-order valence-corrected chi connectivity index (χ3v) is 4.33. The zero-order valence-corrected chi connectivity index (χ0v) is 14.1. The molecule has 1 aromatic heterocycles. The Morgan fingerprint density at radius 1 is 1.38 bits per heavy atom. The molecule has 1 aromatic carbocycles. The molecular weight excluding hydrogens is 332 g/mol. The molecule has 0 amide bonds. The number of hydrogen-bond donors (Lipinski definition) is 0. The van der Waals surface area contributed by atoms with Gasteiger partial charge in [0.05, 0.1) is 21.4 Å². The number of rotatable bonds is 6. The largest absolute Gasteiger partial charge is 0.486 e. The minimum Gasteiger partial charge on any atom is -0.486 e. The van der Waals surface area contributed by atoms with Crippen molar-refractivity contribution in [3.05, 3.63) is 45.2 Å². The number of aryl methyl sites for hydroxylation is 3. The fourth-order valence-corrected chi connectivity index (χ4v) is 2.94. The molecule has 21 heavy (non-hydrogen) atoms. The van der Waals surface area contributed by atoms with Crippen molar-refractivity contribution < 1.29 is 9.53 Å². The summed E-state index contributed by atoms with van der Waals surface area (Å²) in [6.07, 6.45) is 1.69. The molecule has 5 heteroatoms. The molecule has 0 aliphatic heterocycles. The van der Waals surface area contributed by atoms with Gasteiger partial charge in [-0.15, -0.1) is 0 Å². The first-order valence-electron chi connectivity index (χ1n) is 7.03. The topological polar surface area (TPSA) is 44.1 Å². The lowest BCUT2D eigenvalue weighted by Crippen LogP contribution is -2.08. The predicted molar refractivity (Wildman–Crippen MR) is 85.9 cm³/mol. The van der Waals surface area contributed by atoms with E-state index >= 15 is 0 Å². The summed E-state index contributed by atoms with van der Waals surface area (Å²) in [6.45, 7) is 7.22. The molecule has 0 radical (unpaired) electrons. The Hall–Kier alpha value is -1.62. The molecule has 0 aliphatic carbocycles. The molecule has 4 nitrogen and oxygen atoms in total. The Labute approximate surface area is 133 Å². The average Bonchev–Trinajstić information content (AvgIpc) is 2.81. The van der Waals surface area contributed by atoms with Crippen LogP contribution in [0, 0.1) is 6.92 Å². The second-order valence-corrected chi connectivity index (χ2v) is 5.57. The first-order valence-corrected chi connectivity index (χ1v) is 7.83. The number of carbonyl (C=O) groups excluding carboxylic acids is 1. The minimum absolute atomic E-state index is 0.382. The fraction of sp³-hybridized carbons (Fsp3) is 0.375. The fourth-order valence-electron chi connectivity index (χ4n) is 2.26.